The van der Waals surface area contributed by atoms with Gasteiger partial charge in [0.1, 0.15) is 15.7 Å². The summed E-state index contributed by atoms with van der Waals surface area (Å²) in [6.07, 6.45) is 0.997. The summed E-state index contributed by atoms with van der Waals surface area (Å²) in [6, 6.07) is -0.574. The van der Waals surface area contributed by atoms with E-state index in [4.69, 9.17) is 10.9 Å². The van der Waals surface area contributed by atoms with Crippen LogP contribution in [0.4, 0.5) is 0 Å². The van der Waals surface area contributed by atoms with Gasteiger partial charge in [-0.15, -0.1) is 0 Å². The van der Waals surface area contributed by atoms with Crippen LogP contribution in [0, 0.1) is 0 Å². The molecule has 1 atom stereocenters. The molecule has 0 aliphatic carbocycles. The van der Waals surface area contributed by atoms with Crippen molar-refractivity contribution in [1.82, 2.24) is 4.72 Å². The number of nitrogens with one attached hydrogen (secondary N) is 1. The van der Waals surface area contributed by atoms with Crippen molar-refractivity contribution in [3.05, 3.63) is 0 Å². The van der Waals surface area contributed by atoms with Crippen LogP contribution >= 0.6 is 0 Å². The number of sulfone groups is 1. The molecule has 1 unspecified atom stereocenters. The summed E-state index contributed by atoms with van der Waals surface area (Å²) in [7, 11) is -7.02. The van der Waals surface area contributed by atoms with E-state index in [-0.39, 0.29) is 12.3 Å². The first-order valence-electron chi connectivity index (χ1n) is 4.70. The van der Waals surface area contributed by atoms with Crippen LogP contribution in [-0.4, -0.2) is 51.7 Å². The lowest BCUT2D eigenvalue weighted by Gasteiger charge is -2.12. The molecule has 0 saturated carbocycles. The highest BCUT2D eigenvalue weighted by molar-refractivity contribution is 7.93. The Hall–Kier alpha value is -0.870. The summed E-state index contributed by atoms with van der Waals surface area (Å²) in [6.45, 7) is 1.52. The third-order valence-corrected chi connectivity index (χ3v) is 4.45. The standard InChI is InChI=1S/C7H17N3O5S2/c1-6(5-7(8)9-11)10-17(14,15)4-3-16(2,12)13/h6,10-11H,3-5H2,1-2H3,(H2,8,9). The van der Waals surface area contributed by atoms with Crippen LogP contribution in [0.25, 0.3) is 0 Å². The SMILES string of the molecule is CC(CC(N)=NO)NS(=O)(=O)CCS(C)(=O)=O. The number of nitrogens with two attached hydrogens (primary N) is 1. The van der Waals surface area contributed by atoms with Crippen molar-refractivity contribution >= 4 is 25.7 Å². The van der Waals surface area contributed by atoms with Gasteiger partial charge in [0.2, 0.25) is 10.0 Å². The fourth-order valence-electron chi connectivity index (χ4n) is 1.02. The molecule has 0 aliphatic heterocycles. The molecule has 17 heavy (non-hydrogen) atoms. The third-order valence-electron chi connectivity index (χ3n) is 1.75. The van der Waals surface area contributed by atoms with Crippen molar-refractivity contribution in [2.45, 2.75) is 19.4 Å². The Morgan fingerprint density at radius 2 is 1.88 bits per heavy atom. The van der Waals surface area contributed by atoms with E-state index >= 15 is 0 Å². The normalized spacial score (nSPS) is 15.8. The summed E-state index contributed by atoms with van der Waals surface area (Å²) >= 11 is 0. The molecular formula is C7H17N3O5S2. The molecule has 0 radical (unpaired) electrons. The quantitative estimate of drug-likeness (QED) is 0.225. The van der Waals surface area contributed by atoms with Crippen LogP contribution in [0.1, 0.15) is 13.3 Å². The van der Waals surface area contributed by atoms with Gasteiger partial charge >= 0.3 is 0 Å². The lowest BCUT2D eigenvalue weighted by Crippen LogP contribution is -2.38. The van der Waals surface area contributed by atoms with Crippen molar-refractivity contribution < 1.29 is 22.0 Å². The van der Waals surface area contributed by atoms with Gasteiger partial charge in [-0.2, -0.15) is 0 Å². The molecule has 0 aromatic heterocycles. The number of hydrogen-bond donors (Lipinski definition) is 3. The van der Waals surface area contributed by atoms with Crippen LogP contribution in [0.2, 0.25) is 0 Å². The molecule has 0 spiro atoms. The highest BCUT2D eigenvalue weighted by atomic mass is 32.2. The Kier molecular flexibility index (Phi) is 5.85. The third kappa shape index (κ3) is 8.89. The molecular weight excluding hydrogens is 270 g/mol. The zero-order chi connectivity index (χ0) is 13.7. The first-order chi connectivity index (χ1) is 7.56. The Bertz CT molecular complexity index is 468. The first-order valence-corrected chi connectivity index (χ1v) is 8.41. The minimum absolute atomic E-state index is 0.0363. The molecule has 102 valence electrons. The molecule has 0 aliphatic rings. The second-order valence-electron chi connectivity index (χ2n) is 3.76. The molecule has 0 aromatic carbocycles. The van der Waals surface area contributed by atoms with Crippen LogP contribution in [0.3, 0.4) is 0 Å². The number of sulfonamides is 1. The Morgan fingerprint density at radius 1 is 1.35 bits per heavy atom. The minimum Gasteiger partial charge on any atom is -0.409 e. The molecule has 0 rings (SSSR count). The zero-order valence-electron chi connectivity index (χ0n) is 9.62. The maximum atomic E-state index is 11.4. The van der Waals surface area contributed by atoms with Gasteiger partial charge in [0, 0.05) is 18.7 Å². The largest absolute Gasteiger partial charge is 0.409 e. The summed E-state index contributed by atoms with van der Waals surface area (Å²) < 4.78 is 46.8. The summed E-state index contributed by atoms with van der Waals surface area (Å²) in [4.78, 5) is 0. The van der Waals surface area contributed by atoms with Crippen molar-refractivity contribution in [1.29, 1.82) is 0 Å². The lowest BCUT2D eigenvalue weighted by molar-refractivity contribution is 0.316. The molecule has 0 bridgehead atoms. The van der Waals surface area contributed by atoms with Crippen molar-refractivity contribution in [2.75, 3.05) is 17.8 Å². The Balaban J connectivity index is 4.36. The van der Waals surface area contributed by atoms with Gasteiger partial charge in [-0.25, -0.2) is 21.6 Å². The molecule has 0 heterocycles. The van der Waals surface area contributed by atoms with Gasteiger partial charge in [-0.3, -0.25) is 0 Å². The number of amidine groups is 1. The summed E-state index contributed by atoms with van der Waals surface area (Å²) in [5.41, 5.74) is 5.21. The van der Waals surface area contributed by atoms with Crippen molar-refractivity contribution in [2.24, 2.45) is 10.9 Å². The Morgan fingerprint density at radius 3 is 2.29 bits per heavy atom. The van der Waals surface area contributed by atoms with Crippen LogP contribution in [0.15, 0.2) is 5.16 Å². The monoisotopic (exact) mass is 287 g/mol. The molecule has 0 fully saturated rings. The zero-order valence-corrected chi connectivity index (χ0v) is 11.3. The van der Waals surface area contributed by atoms with E-state index in [1.165, 1.54) is 6.92 Å². The number of hydrogen-bond acceptors (Lipinski definition) is 6. The van der Waals surface area contributed by atoms with Gasteiger partial charge in [-0.1, -0.05) is 5.16 Å². The van der Waals surface area contributed by atoms with E-state index in [0.29, 0.717) is 0 Å². The molecule has 4 N–H and O–H groups in total. The second-order valence-corrected chi connectivity index (χ2v) is 7.90. The Labute approximate surface area is 101 Å². The molecule has 0 aromatic rings. The summed E-state index contributed by atoms with van der Waals surface area (Å²) in [5, 5.41) is 11.0. The highest BCUT2D eigenvalue weighted by Gasteiger charge is 2.17. The van der Waals surface area contributed by atoms with Crippen molar-refractivity contribution in [3.8, 4) is 0 Å². The van der Waals surface area contributed by atoms with Gasteiger partial charge in [-0.05, 0) is 6.92 Å². The van der Waals surface area contributed by atoms with Gasteiger partial charge < -0.3 is 10.9 Å². The molecule has 0 saturated heterocycles. The van der Waals surface area contributed by atoms with E-state index < -0.39 is 37.4 Å². The predicted molar refractivity (Wildman–Crippen MR) is 64.1 cm³/mol. The maximum absolute atomic E-state index is 11.4. The van der Waals surface area contributed by atoms with Crippen LogP contribution in [-0.2, 0) is 19.9 Å². The minimum atomic E-state index is -3.69. The molecule has 10 heteroatoms. The average Bonchev–Trinajstić information content (AvgIpc) is 2.12. The van der Waals surface area contributed by atoms with Crippen LogP contribution in [0.5, 0.6) is 0 Å². The highest BCUT2D eigenvalue weighted by Crippen LogP contribution is 1.96. The average molecular weight is 287 g/mol. The fraction of sp³-hybridized carbons (Fsp3) is 0.857. The van der Waals surface area contributed by atoms with Gasteiger partial charge in [0.05, 0.1) is 11.5 Å². The van der Waals surface area contributed by atoms with E-state index in [9.17, 15) is 16.8 Å². The maximum Gasteiger partial charge on any atom is 0.212 e. The number of oxime groups is 1. The predicted octanol–water partition coefficient (Wildman–Crippen LogP) is -1.52. The smallest absolute Gasteiger partial charge is 0.212 e. The van der Waals surface area contributed by atoms with E-state index in [1.807, 2.05) is 0 Å². The summed E-state index contributed by atoms with van der Waals surface area (Å²) in [5.74, 6) is -1.06. The van der Waals surface area contributed by atoms with Crippen molar-refractivity contribution in [3.63, 3.8) is 0 Å². The van der Waals surface area contributed by atoms with E-state index in [1.54, 1.807) is 0 Å². The van der Waals surface area contributed by atoms with Crippen LogP contribution < -0.4 is 10.5 Å². The molecule has 0 amide bonds. The second kappa shape index (κ2) is 6.17. The lowest BCUT2D eigenvalue weighted by atomic mass is 10.2. The van der Waals surface area contributed by atoms with Gasteiger partial charge in [0.15, 0.2) is 0 Å². The van der Waals surface area contributed by atoms with Gasteiger partial charge in [0.25, 0.3) is 0 Å². The fourth-order valence-corrected chi connectivity index (χ4v) is 3.93. The first kappa shape index (κ1) is 16.1. The van der Waals surface area contributed by atoms with E-state index in [2.05, 4.69) is 9.88 Å². The van der Waals surface area contributed by atoms with E-state index in [0.717, 1.165) is 6.26 Å². The topological polar surface area (TPSA) is 139 Å². The number of rotatable bonds is 7. The number of nitrogens with zero attached hydrogens (tertiary/aromatic N) is 1. The molecule has 8 nitrogen and oxygen atoms in total.